The number of nitrogens with zero attached hydrogens (tertiary/aromatic N) is 1. The first-order chi connectivity index (χ1) is 10.1. The third kappa shape index (κ3) is 2.95. The molecule has 1 aliphatic rings. The van der Waals surface area contributed by atoms with E-state index in [9.17, 15) is 9.18 Å². The Bertz CT molecular complexity index is 656. The number of aryl methyl sites for hydroxylation is 1. The number of thioether (sulfide) groups is 1. The number of carbonyl (C=O) groups excluding carboxylic acids is 1. The van der Waals surface area contributed by atoms with Crippen molar-refractivity contribution in [1.29, 1.82) is 0 Å². The van der Waals surface area contributed by atoms with Crippen LogP contribution in [-0.4, -0.2) is 16.6 Å². The summed E-state index contributed by atoms with van der Waals surface area (Å²) in [5.74, 6) is 0.383. The highest BCUT2D eigenvalue weighted by Gasteiger charge is 2.33. The summed E-state index contributed by atoms with van der Waals surface area (Å²) >= 11 is 1.65. The molecule has 0 spiro atoms. The van der Waals surface area contributed by atoms with E-state index >= 15 is 0 Å². The van der Waals surface area contributed by atoms with Crippen molar-refractivity contribution < 1.29 is 9.18 Å². The molecule has 21 heavy (non-hydrogen) atoms. The van der Waals surface area contributed by atoms with Crippen LogP contribution in [0.4, 0.5) is 4.39 Å². The molecule has 4 heteroatoms. The van der Waals surface area contributed by atoms with Crippen LogP contribution in [-0.2, 0) is 11.3 Å². The molecule has 0 saturated carbocycles. The molecule has 3 rings (SSSR count). The van der Waals surface area contributed by atoms with Gasteiger partial charge in [-0.05, 0) is 35.7 Å². The number of carbonyl (C=O) groups is 1. The average Bonchev–Trinajstić information content (AvgIpc) is 2.83. The molecule has 1 saturated heterocycles. The lowest BCUT2D eigenvalue weighted by molar-refractivity contribution is -0.128. The van der Waals surface area contributed by atoms with Gasteiger partial charge in [0.15, 0.2) is 0 Å². The van der Waals surface area contributed by atoms with Crippen LogP contribution in [0, 0.1) is 12.7 Å². The zero-order valence-corrected chi connectivity index (χ0v) is 12.6. The van der Waals surface area contributed by atoms with E-state index in [1.165, 1.54) is 23.3 Å². The fraction of sp³-hybridized carbons (Fsp3) is 0.235. The Morgan fingerprint density at radius 3 is 2.62 bits per heavy atom. The fourth-order valence-electron chi connectivity index (χ4n) is 2.53. The van der Waals surface area contributed by atoms with Crippen molar-refractivity contribution in [3.63, 3.8) is 0 Å². The van der Waals surface area contributed by atoms with Crippen LogP contribution in [0.15, 0.2) is 48.5 Å². The Balaban J connectivity index is 1.86. The molecule has 1 unspecified atom stereocenters. The van der Waals surface area contributed by atoms with Crippen molar-refractivity contribution in [2.75, 3.05) is 5.75 Å². The smallest absolute Gasteiger partial charge is 0.234 e. The summed E-state index contributed by atoms with van der Waals surface area (Å²) < 4.78 is 13.0. The lowest BCUT2D eigenvalue weighted by Gasteiger charge is -2.25. The Labute approximate surface area is 128 Å². The predicted octanol–water partition coefficient (Wildman–Crippen LogP) is 3.91. The molecule has 1 amide bonds. The van der Waals surface area contributed by atoms with Gasteiger partial charge in [-0.2, -0.15) is 0 Å². The first kappa shape index (κ1) is 14.1. The maximum absolute atomic E-state index is 13.0. The normalized spacial score (nSPS) is 18.3. The highest BCUT2D eigenvalue weighted by atomic mass is 32.2. The minimum absolute atomic E-state index is 0.0451. The summed E-state index contributed by atoms with van der Waals surface area (Å²) in [6, 6.07) is 14.5. The molecular weight excluding hydrogens is 285 g/mol. The van der Waals surface area contributed by atoms with Gasteiger partial charge < -0.3 is 4.90 Å². The maximum Gasteiger partial charge on any atom is 0.234 e. The number of amides is 1. The van der Waals surface area contributed by atoms with Crippen molar-refractivity contribution >= 4 is 17.7 Å². The Morgan fingerprint density at radius 1 is 1.19 bits per heavy atom. The number of rotatable bonds is 3. The van der Waals surface area contributed by atoms with Gasteiger partial charge in [-0.25, -0.2) is 4.39 Å². The van der Waals surface area contributed by atoms with Gasteiger partial charge >= 0.3 is 0 Å². The van der Waals surface area contributed by atoms with Gasteiger partial charge in [-0.1, -0.05) is 36.4 Å². The van der Waals surface area contributed by atoms with Gasteiger partial charge in [0.2, 0.25) is 5.91 Å². The number of hydrogen-bond acceptors (Lipinski definition) is 2. The fourth-order valence-corrected chi connectivity index (χ4v) is 3.82. The summed E-state index contributed by atoms with van der Waals surface area (Å²) in [4.78, 5) is 14.0. The van der Waals surface area contributed by atoms with E-state index in [4.69, 9.17) is 0 Å². The van der Waals surface area contributed by atoms with Gasteiger partial charge in [0.1, 0.15) is 11.2 Å². The summed E-state index contributed by atoms with van der Waals surface area (Å²) in [6.07, 6.45) is 0. The van der Waals surface area contributed by atoms with Gasteiger partial charge in [-0.15, -0.1) is 11.8 Å². The molecule has 2 nitrogen and oxygen atoms in total. The van der Waals surface area contributed by atoms with Crippen LogP contribution in [0.2, 0.25) is 0 Å². The second kappa shape index (κ2) is 5.90. The van der Waals surface area contributed by atoms with Crippen molar-refractivity contribution in [3.8, 4) is 0 Å². The SMILES string of the molecule is Cc1ccccc1C1SCC(=O)N1Cc1ccc(F)cc1. The monoisotopic (exact) mass is 301 g/mol. The van der Waals surface area contributed by atoms with E-state index in [1.807, 2.05) is 17.0 Å². The summed E-state index contributed by atoms with van der Waals surface area (Å²) in [6.45, 7) is 2.58. The lowest BCUT2D eigenvalue weighted by atomic mass is 10.1. The summed E-state index contributed by atoms with van der Waals surface area (Å²) in [7, 11) is 0. The van der Waals surface area contributed by atoms with Gasteiger partial charge in [0, 0.05) is 6.54 Å². The molecular formula is C17H16FNOS. The third-order valence-electron chi connectivity index (χ3n) is 3.69. The molecule has 108 valence electrons. The second-order valence-electron chi connectivity index (χ2n) is 5.17. The van der Waals surface area contributed by atoms with E-state index in [0.717, 1.165) is 5.56 Å². The van der Waals surface area contributed by atoms with E-state index in [1.54, 1.807) is 23.9 Å². The van der Waals surface area contributed by atoms with Crippen LogP contribution in [0.5, 0.6) is 0 Å². The zero-order valence-electron chi connectivity index (χ0n) is 11.8. The molecule has 2 aromatic carbocycles. The topological polar surface area (TPSA) is 20.3 Å². The summed E-state index contributed by atoms with van der Waals surface area (Å²) in [5.41, 5.74) is 3.31. The van der Waals surface area contributed by atoms with Crippen LogP contribution in [0.3, 0.4) is 0 Å². The predicted molar refractivity (Wildman–Crippen MR) is 83.3 cm³/mol. The summed E-state index contributed by atoms with van der Waals surface area (Å²) in [5, 5.41) is 0.0451. The van der Waals surface area contributed by atoms with Crippen molar-refractivity contribution in [2.24, 2.45) is 0 Å². The van der Waals surface area contributed by atoms with E-state index in [2.05, 4.69) is 19.1 Å². The first-order valence-corrected chi connectivity index (χ1v) is 7.91. The van der Waals surface area contributed by atoms with Crippen LogP contribution in [0.25, 0.3) is 0 Å². The number of halogens is 1. The molecule has 0 bridgehead atoms. The Kier molecular flexibility index (Phi) is 3.97. The number of hydrogen-bond donors (Lipinski definition) is 0. The lowest BCUT2D eigenvalue weighted by Crippen LogP contribution is -2.28. The van der Waals surface area contributed by atoms with Gasteiger partial charge in [0.05, 0.1) is 5.75 Å². The van der Waals surface area contributed by atoms with Gasteiger partial charge in [0.25, 0.3) is 0 Å². The van der Waals surface area contributed by atoms with E-state index in [0.29, 0.717) is 12.3 Å². The minimum Gasteiger partial charge on any atom is -0.321 e. The van der Waals surface area contributed by atoms with Gasteiger partial charge in [-0.3, -0.25) is 4.79 Å². The Morgan fingerprint density at radius 2 is 1.90 bits per heavy atom. The second-order valence-corrected chi connectivity index (χ2v) is 6.24. The maximum atomic E-state index is 13.0. The molecule has 0 aliphatic carbocycles. The van der Waals surface area contributed by atoms with Crippen molar-refractivity contribution in [1.82, 2.24) is 4.90 Å². The Hall–Kier alpha value is -1.81. The molecule has 1 atom stereocenters. The van der Waals surface area contributed by atoms with Crippen molar-refractivity contribution in [3.05, 3.63) is 71.0 Å². The highest BCUT2D eigenvalue weighted by Crippen LogP contribution is 2.40. The molecule has 1 aliphatic heterocycles. The molecule has 0 N–H and O–H groups in total. The molecule has 0 radical (unpaired) electrons. The molecule has 1 heterocycles. The zero-order chi connectivity index (χ0) is 14.8. The van der Waals surface area contributed by atoms with E-state index < -0.39 is 0 Å². The third-order valence-corrected chi connectivity index (χ3v) is 4.93. The first-order valence-electron chi connectivity index (χ1n) is 6.86. The number of benzene rings is 2. The highest BCUT2D eigenvalue weighted by molar-refractivity contribution is 8.00. The average molecular weight is 301 g/mol. The molecule has 0 aromatic heterocycles. The van der Waals surface area contributed by atoms with Crippen LogP contribution < -0.4 is 0 Å². The minimum atomic E-state index is -0.253. The molecule has 1 fully saturated rings. The van der Waals surface area contributed by atoms with Crippen molar-refractivity contribution in [2.45, 2.75) is 18.8 Å². The van der Waals surface area contributed by atoms with Crippen LogP contribution in [0.1, 0.15) is 22.1 Å². The molecule has 2 aromatic rings. The largest absolute Gasteiger partial charge is 0.321 e. The van der Waals surface area contributed by atoms with Crippen LogP contribution >= 0.6 is 11.8 Å². The van der Waals surface area contributed by atoms with E-state index in [-0.39, 0.29) is 17.1 Å². The standard InChI is InChI=1S/C17H16FNOS/c1-12-4-2-3-5-15(12)17-19(16(20)11-21-17)10-13-6-8-14(18)9-7-13/h2-9,17H,10-11H2,1H3. The quantitative estimate of drug-likeness (QED) is 0.856.